The third-order valence-electron chi connectivity index (χ3n) is 13.5. The summed E-state index contributed by atoms with van der Waals surface area (Å²) in [5, 5.41) is 0. The summed E-state index contributed by atoms with van der Waals surface area (Å²) in [7, 11) is 0. The van der Waals surface area contributed by atoms with E-state index in [2.05, 4.69) is 66.7 Å². The van der Waals surface area contributed by atoms with Crippen LogP contribution < -0.4 is 0 Å². The van der Waals surface area contributed by atoms with E-state index in [1.807, 2.05) is 0 Å². The summed E-state index contributed by atoms with van der Waals surface area (Å²) in [6.45, 7) is 18.5. The molecule has 8 atom stereocenters. The Morgan fingerprint density at radius 3 is 1.97 bits per heavy atom. The van der Waals surface area contributed by atoms with E-state index in [0.29, 0.717) is 27.1 Å². The largest absolute Gasteiger partial charge is 0.0596 e. The first-order valence-corrected chi connectivity index (χ1v) is 14.6. The molecule has 4 fully saturated rings. The minimum atomic E-state index is 0.393. The van der Waals surface area contributed by atoms with Crippen LogP contribution in [0.5, 0.6) is 0 Å². The van der Waals surface area contributed by atoms with Crippen LogP contribution in [0.25, 0.3) is 0 Å². The summed E-state index contributed by atoms with van der Waals surface area (Å²) in [5.41, 5.74) is 7.44. The van der Waals surface area contributed by atoms with E-state index in [0.717, 1.165) is 23.7 Å². The molecule has 5 aliphatic rings. The molecule has 0 unspecified atom stereocenters. The van der Waals surface area contributed by atoms with Gasteiger partial charge in [0, 0.05) is 0 Å². The summed E-state index contributed by atoms with van der Waals surface area (Å²) in [4.78, 5) is 0. The quantitative estimate of drug-likeness (QED) is 0.372. The molecular weight excluding hydrogens is 396 g/mol. The van der Waals surface area contributed by atoms with Gasteiger partial charge in [-0.3, -0.25) is 0 Å². The van der Waals surface area contributed by atoms with Crippen molar-refractivity contribution in [3.8, 4) is 0 Å². The Morgan fingerprint density at radius 1 is 0.636 bits per heavy atom. The minimum absolute atomic E-state index is 0.393. The molecule has 0 radical (unpaired) electrons. The van der Waals surface area contributed by atoms with Gasteiger partial charge in [-0.1, -0.05) is 71.7 Å². The van der Waals surface area contributed by atoms with Crippen molar-refractivity contribution in [1.29, 1.82) is 0 Å². The Kier molecular flexibility index (Phi) is 4.75. The highest BCUT2D eigenvalue weighted by Gasteiger charge is 2.67. The predicted molar refractivity (Wildman–Crippen MR) is 140 cm³/mol. The molecule has 4 saturated carbocycles. The molecule has 33 heavy (non-hydrogen) atoms. The number of hydrogen-bond acceptors (Lipinski definition) is 0. The maximum absolute atomic E-state index is 2.80. The van der Waals surface area contributed by atoms with Gasteiger partial charge in [-0.25, -0.2) is 0 Å². The van der Waals surface area contributed by atoms with Crippen molar-refractivity contribution in [3.63, 3.8) is 0 Å². The smallest absolute Gasteiger partial charge is 0.00388 e. The fourth-order valence-electron chi connectivity index (χ4n) is 12.3. The maximum Gasteiger partial charge on any atom is -0.00388 e. The van der Waals surface area contributed by atoms with Gasteiger partial charge in [-0.05, 0) is 133 Å². The molecule has 1 aromatic rings. The van der Waals surface area contributed by atoms with Crippen LogP contribution in [0.3, 0.4) is 0 Å². The van der Waals surface area contributed by atoms with E-state index in [-0.39, 0.29) is 0 Å². The number of aryl methyl sites for hydroxylation is 2. The summed E-state index contributed by atoms with van der Waals surface area (Å²) >= 11 is 0. The second-order valence-corrected chi connectivity index (χ2v) is 15.3. The Hall–Kier alpha value is -0.780. The molecule has 0 nitrogen and oxygen atoms in total. The standard InChI is InChI=1S/C33H50/c1-22-9-11-24-23(21-22)10-12-26-30(24,4)18-14-28-32(26,6)20-15-27-31(5)17-8-16-29(2,3)25(31)13-19-33(27,28)7/h9,11,21,25-28H,8,10,12-20H2,1-7H3/t25-,26-,27+,28+,30-,31-,32+,33+/m0/s1. The van der Waals surface area contributed by atoms with Crippen LogP contribution >= 0.6 is 0 Å². The molecule has 0 spiro atoms. The lowest BCUT2D eigenvalue weighted by Gasteiger charge is -2.72. The average molecular weight is 447 g/mol. The molecule has 0 amide bonds. The summed E-state index contributed by atoms with van der Waals surface area (Å²) in [6.07, 6.45) is 16.0. The fraction of sp³-hybridized carbons (Fsp3) is 0.818. The van der Waals surface area contributed by atoms with E-state index in [1.54, 1.807) is 11.1 Å². The minimum Gasteiger partial charge on any atom is -0.0596 e. The van der Waals surface area contributed by atoms with Crippen LogP contribution in [0, 0.1) is 52.3 Å². The first-order chi connectivity index (χ1) is 15.5. The Balaban J connectivity index is 1.38. The van der Waals surface area contributed by atoms with Crippen molar-refractivity contribution < 1.29 is 0 Å². The van der Waals surface area contributed by atoms with E-state index >= 15 is 0 Å². The second kappa shape index (κ2) is 6.91. The molecule has 5 aliphatic carbocycles. The van der Waals surface area contributed by atoms with Crippen molar-refractivity contribution in [2.45, 2.75) is 125 Å². The van der Waals surface area contributed by atoms with Gasteiger partial charge in [0.2, 0.25) is 0 Å². The Morgan fingerprint density at radius 2 is 1.24 bits per heavy atom. The lowest BCUT2D eigenvalue weighted by atomic mass is 9.33. The van der Waals surface area contributed by atoms with Gasteiger partial charge in [0.05, 0.1) is 0 Å². The van der Waals surface area contributed by atoms with Gasteiger partial charge in [0.15, 0.2) is 0 Å². The summed E-state index contributed by atoms with van der Waals surface area (Å²) < 4.78 is 0. The van der Waals surface area contributed by atoms with Crippen LogP contribution in [0.1, 0.15) is 122 Å². The van der Waals surface area contributed by atoms with Gasteiger partial charge in [-0.15, -0.1) is 0 Å². The Labute approximate surface area is 204 Å². The SMILES string of the molecule is Cc1ccc2c(c1)CC[C@@H]1[C@@]3(C)CC[C@H]4[C@@](C)(CC[C@H]5C(C)(C)CCC[C@]45C)[C@@H]3CC[C@@]21C. The monoisotopic (exact) mass is 446 g/mol. The first kappa shape index (κ1) is 22.7. The van der Waals surface area contributed by atoms with Crippen molar-refractivity contribution >= 4 is 0 Å². The van der Waals surface area contributed by atoms with Crippen LogP contribution in [0.4, 0.5) is 0 Å². The normalized spacial score (nSPS) is 50.3. The number of benzene rings is 1. The zero-order valence-electron chi connectivity index (χ0n) is 22.8. The van der Waals surface area contributed by atoms with E-state index in [4.69, 9.17) is 0 Å². The highest BCUT2D eigenvalue weighted by Crippen LogP contribution is 2.75. The van der Waals surface area contributed by atoms with E-state index in [9.17, 15) is 0 Å². The number of fused-ring (bicyclic) bond motifs is 9. The van der Waals surface area contributed by atoms with Crippen LogP contribution in [0.15, 0.2) is 18.2 Å². The lowest BCUT2D eigenvalue weighted by molar-refractivity contribution is -0.219. The molecule has 6 rings (SSSR count). The zero-order chi connectivity index (χ0) is 23.4. The summed E-state index contributed by atoms with van der Waals surface area (Å²) in [5.74, 6) is 3.69. The lowest BCUT2D eigenvalue weighted by Crippen LogP contribution is -2.65. The molecule has 0 heteroatoms. The van der Waals surface area contributed by atoms with Crippen LogP contribution in [-0.2, 0) is 11.8 Å². The van der Waals surface area contributed by atoms with Crippen molar-refractivity contribution in [3.05, 3.63) is 34.9 Å². The zero-order valence-corrected chi connectivity index (χ0v) is 22.8. The topological polar surface area (TPSA) is 0 Å². The molecule has 1 aromatic carbocycles. The van der Waals surface area contributed by atoms with Crippen molar-refractivity contribution in [2.75, 3.05) is 0 Å². The Bertz CT molecular complexity index is 955. The van der Waals surface area contributed by atoms with Crippen molar-refractivity contribution in [2.24, 2.45) is 45.3 Å². The van der Waals surface area contributed by atoms with Crippen molar-refractivity contribution in [1.82, 2.24) is 0 Å². The second-order valence-electron chi connectivity index (χ2n) is 15.3. The van der Waals surface area contributed by atoms with Crippen LogP contribution in [0.2, 0.25) is 0 Å². The molecule has 0 heterocycles. The third kappa shape index (κ3) is 2.82. The summed E-state index contributed by atoms with van der Waals surface area (Å²) in [6, 6.07) is 7.44. The molecule has 182 valence electrons. The maximum atomic E-state index is 2.80. The van der Waals surface area contributed by atoms with E-state index < -0.39 is 0 Å². The molecule has 0 N–H and O–H groups in total. The number of rotatable bonds is 0. The molecular formula is C33H50. The van der Waals surface area contributed by atoms with Gasteiger partial charge in [-0.2, -0.15) is 0 Å². The van der Waals surface area contributed by atoms with Crippen LogP contribution in [-0.4, -0.2) is 0 Å². The first-order valence-electron chi connectivity index (χ1n) is 14.6. The molecule has 0 saturated heterocycles. The fourth-order valence-corrected chi connectivity index (χ4v) is 12.3. The highest BCUT2D eigenvalue weighted by atomic mass is 14.7. The third-order valence-corrected chi connectivity index (χ3v) is 13.5. The van der Waals surface area contributed by atoms with Gasteiger partial charge in [0.1, 0.15) is 0 Å². The van der Waals surface area contributed by atoms with Gasteiger partial charge < -0.3 is 0 Å². The highest BCUT2D eigenvalue weighted by molar-refractivity contribution is 5.41. The molecule has 0 aromatic heterocycles. The van der Waals surface area contributed by atoms with Gasteiger partial charge in [0.25, 0.3) is 0 Å². The van der Waals surface area contributed by atoms with E-state index in [1.165, 1.54) is 76.2 Å². The predicted octanol–water partition coefficient (Wildman–Crippen LogP) is 9.27. The number of hydrogen-bond donors (Lipinski definition) is 0. The van der Waals surface area contributed by atoms with Gasteiger partial charge >= 0.3 is 0 Å². The molecule has 0 bridgehead atoms. The molecule has 0 aliphatic heterocycles. The average Bonchev–Trinajstić information content (AvgIpc) is 2.71.